The van der Waals surface area contributed by atoms with Gasteiger partial charge >= 0.3 is 0 Å². The largest absolute Gasteiger partial charge is 0.299 e. The third-order valence-electron chi connectivity index (χ3n) is 4.56. The predicted molar refractivity (Wildman–Crippen MR) is 106 cm³/mol. The Morgan fingerprint density at radius 2 is 1.65 bits per heavy atom. The summed E-state index contributed by atoms with van der Waals surface area (Å²) in [5.41, 5.74) is 7.26. The summed E-state index contributed by atoms with van der Waals surface area (Å²) < 4.78 is 0. The topological polar surface area (TPSA) is 44.3 Å². The fraction of sp³-hybridized carbons (Fsp3) is 0.429. The first-order valence-electron chi connectivity index (χ1n) is 9.65. The molecule has 0 unspecified atom stereocenters. The Morgan fingerprint density at radius 1 is 0.885 bits per heavy atom. The minimum Gasteiger partial charge on any atom is -0.299 e. The van der Waals surface area contributed by atoms with Crippen molar-refractivity contribution >= 4 is 5.70 Å². The van der Waals surface area contributed by atoms with Gasteiger partial charge in [0.25, 0.3) is 0 Å². The van der Waals surface area contributed by atoms with Crippen LogP contribution in [0.3, 0.4) is 0 Å². The van der Waals surface area contributed by atoms with Gasteiger partial charge < -0.3 is 0 Å². The van der Waals surface area contributed by atoms with Crippen LogP contribution in [0, 0.1) is 0 Å². The normalized spacial score (nSPS) is 14.0. The first-order valence-corrected chi connectivity index (χ1v) is 9.65. The van der Waals surface area contributed by atoms with Crippen molar-refractivity contribution in [2.24, 2.45) is 0 Å². The van der Waals surface area contributed by atoms with E-state index in [0.29, 0.717) is 0 Å². The van der Waals surface area contributed by atoms with E-state index in [9.17, 15) is 0 Å². The molecule has 0 aromatic carbocycles. The first-order chi connectivity index (χ1) is 12.8. The third-order valence-corrected chi connectivity index (χ3v) is 4.56. The van der Waals surface area contributed by atoms with Gasteiger partial charge in [0.1, 0.15) is 0 Å². The fourth-order valence-electron chi connectivity index (χ4n) is 3.19. The molecule has 26 heavy (non-hydrogen) atoms. The molecule has 0 saturated carbocycles. The minimum absolute atomic E-state index is 0.900. The maximum absolute atomic E-state index is 4.84. The number of hydrogen-bond donors (Lipinski definition) is 1. The lowest BCUT2D eigenvalue weighted by atomic mass is 10.1. The van der Waals surface area contributed by atoms with Crippen LogP contribution in [-0.2, 0) is 0 Å². The van der Waals surface area contributed by atoms with E-state index in [1.165, 1.54) is 38.5 Å². The Kier molecular flexibility index (Phi) is 6.61. The highest BCUT2D eigenvalue weighted by Crippen LogP contribution is 2.24. The van der Waals surface area contributed by atoms with Gasteiger partial charge in [-0.05, 0) is 30.7 Å². The Bertz CT molecular complexity index is 713. The lowest BCUT2D eigenvalue weighted by Gasteiger charge is -2.23. The SMILES string of the molecule is CCCCCCCCN1NN(C)C=C1c1cccc(-c2ccccn2)n1. The molecule has 1 aliphatic heterocycles. The molecule has 5 heteroatoms. The molecule has 2 aromatic rings. The molecule has 0 radical (unpaired) electrons. The average Bonchev–Trinajstić information content (AvgIpc) is 3.06. The van der Waals surface area contributed by atoms with Gasteiger partial charge in [-0.15, -0.1) is 5.53 Å². The van der Waals surface area contributed by atoms with E-state index in [-0.39, 0.29) is 0 Å². The molecule has 3 heterocycles. The second kappa shape index (κ2) is 9.34. The highest BCUT2D eigenvalue weighted by molar-refractivity contribution is 5.65. The van der Waals surface area contributed by atoms with E-state index in [1.54, 1.807) is 6.20 Å². The van der Waals surface area contributed by atoms with Gasteiger partial charge in [0, 0.05) is 26.0 Å². The molecule has 1 N–H and O–H groups in total. The number of unbranched alkanes of at least 4 members (excludes halogenated alkanes) is 5. The summed E-state index contributed by atoms with van der Waals surface area (Å²) in [5, 5.41) is 4.19. The second-order valence-electron chi connectivity index (χ2n) is 6.77. The Balaban J connectivity index is 1.66. The molecular formula is C21H29N5. The van der Waals surface area contributed by atoms with E-state index in [1.807, 2.05) is 36.3 Å². The quantitative estimate of drug-likeness (QED) is 0.675. The predicted octanol–water partition coefficient (Wildman–Crippen LogP) is 4.47. The molecule has 5 nitrogen and oxygen atoms in total. The summed E-state index contributed by atoms with van der Waals surface area (Å²) in [6, 6.07) is 12.0. The zero-order valence-corrected chi connectivity index (χ0v) is 15.9. The van der Waals surface area contributed by atoms with E-state index in [4.69, 9.17) is 4.98 Å². The molecule has 138 valence electrons. The van der Waals surface area contributed by atoms with Gasteiger partial charge in [0.05, 0.1) is 22.8 Å². The number of nitrogens with zero attached hydrogens (tertiary/aromatic N) is 4. The van der Waals surface area contributed by atoms with Crippen LogP contribution in [0.1, 0.15) is 51.1 Å². The number of aromatic nitrogens is 2. The van der Waals surface area contributed by atoms with Gasteiger partial charge in [-0.25, -0.2) is 4.98 Å². The molecule has 0 bridgehead atoms. The van der Waals surface area contributed by atoms with Crippen LogP contribution in [0.25, 0.3) is 17.1 Å². The van der Waals surface area contributed by atoms with E-state index in [2.05, 4.69) is 40.8 Å². The lowest BCUT2D eigenvalue weighted by molar-refractivity contribution is 0.167. The Hall–Kier alpha value is -2.40. The van der Waals surface area contributed by atoms with Crippen molar-refractivity contribution in [3.8, 4) is 11.4 Å². The minimum atomic E-state index is 0.900. The highest BCUT2D eigenvalue weighted by Gasteiger charge is 2.20. The summed E-state index contributed by atoms with van der Waals surface area (Å²) in [6.07, 6.45) is 11.7. The summed E-state index contributed by atoms with van der Waals surface area (Å²) in [7, 11) is 2.02. The van der Waals surface area contributed by atoms with Crippen LogP contribution < -0.4 is 5.53 Å². The smallest absolute Gasteiger partial charge is 0.0968 e. The van der Waals surface area contributed by atoms with E-state index >= 15 is 0 Å². The number of hydrogen-bond acceptors (Lipinski definition) is 5. The molecule has 3 rings (SSSR count). The zero-order valence-electron chi connectivity index (χ0n) is 15.9. The van der Waals surface area contributed by atoms with Crippen molar-refractivity contribution in [3.63, 3.8) is 0 Å². The van der Waals surface area contributed by atoms with Gasteiger partial charge in [-0.3, -0.25) is 15.0 Å². The van der Waals surface area contributed by atoms with Gasteiger partial charge in [0.15, 0.2) is 0 Å². The Labute approximate surface area is 156 Å². The van der Waals surface area contributed by atoms with Crippen molar-refractivity contribution in [1.29, 1.82) is 0 Å². The molecule has 0 amide bonds. The monoisotopic (exact) mass is 351 g/mol. The third kappa shape index (κ3) is 4.82. The summed E-state index contributed by atoms with van der Waals surface area (Å²) in [6.45, 7) is 3.24. The molecule has 0 spiro atoms. The maximum atomic E-state index is 4.84. The highest BCUT2D eigenvalue weighted by atomic mass is 15.8. The maximum Gasteiger partial charge on any atom is 0.0968 e. The van der Waals surface area contributed by atoms with Crippen LogP contribution in [0.2, 0.25) is 0 Å². The van der Waals surface area contributed by atoms with Crippen LogP contribution in [0.5, 0.6) is 0 Å². The molecule has 0 aliphatic carbocycles. The van der Waals surface area contributed by atoms with Gasteiger partial charge in [0.2, 0.25) is 0 Å². The van der Waals surface area contributed by atoms with E-state index < -0.39 is 0 Å². The lowest BCUT2D eigenvalue weighted by Crippen LogP contribution is -2.38. The molecule has 2 aromatic heterocycles. The van der Waals surface area contributed by atoms with Crippen LogP contribution >= 0.6 is 0 Å². The summed E-state index contributed by atoms with van der Waals surface area (Å²) >= 11 is 0. The van der Waals surface area contributed by atoms with E-state index in [0.717, 1.165) is 29.3 Å². The average molecular weight is 351 g/mol. The molecule has 0 fully saturated rings. The van der Waals surface area contributed by atoms with Crippen molar-refractivity contribution in [3.05, 3.63) is 54.5 Å². The number of hydrazine groups is 2. The van der Waals surface area contributed by atoms with Crippen molar-refractivity contribution in [1.82, 2.24) is 25.5 Å². The van der Waals surface area contributed by atoms with Crippen molar-refractivity contribution < 1.29 is 0 Å². The number of pyridine rings is 2. The molecular weight excluding hydrogens is 322 g/mol. The van der Waals surface area contributed by atoms with Crippen molar-refractivity contribution in [2.75, 3.05) is 13.6 Å². The first kappa shape index (κ1) is 18.4. The number of rotatable bonds is 9. The summed E-state index contributed by atoms with van der Waals surface area (Å²) in [5.74, 6) is 0. The fourth-order valence-corrected chi connectivity index (χ4v) is 3.19. The van der Waals surface area contributed by atoms with Gasteiger partial charge in [-0.1, -0.05) is 51.2 Å². The molecule has 0 saturated heterocycles. The molecule has 1 aliphatic rings. The standard InChI is InChI=1S/C21H29N5/c1-3-4-5-6-7-10-16-26-21(17-25(2)24-26)20-14-11-13-19(23-20)18-12-8-9-15-22-18/h8-9,11-15,17,24H,3-7,10,16H2,1-2H3. The van der Waals surface area contributed by atoms with Crippen LogP contribution in [-0.4, -0.2) is 33.6 Å². The van der Waals surface area contributed by atoms with Gasteiger partial charge in [-0.2, -0.15) is 0 Å². The van der Waals surface area contributed by atoms with Crippen LogP contribution in [0.15, 0.2) is 48.8 Å². The summed E-state index contributed by atoms with van der Waals surface area (Å²) in [4.78, 5) is 9.25. The number of nitrogens with one attached hydrogen (secondary N) is 1. The second-order valence-corrected chi connectivity index (χ2v) is 6.77. The molecule has 0 atom stereocenters. The Morgan fingerprint density at radius 3 is 2.46 bits per heavy atom. The zero-order chi connectivity index (χ0) is 18.2. The van der Waals surface area contributed by atoms with Crippen molar-refractivity contribution in [2.45, 2.75) is 45.4 Å². The van der Waals surface area contributed by atoms with Crippen LogP contribution in [0.4, 0.5) is 0 Å².